The van der Waals surface area contributed by atoms with Crippen molar-refractivity contribution in [2.24, 2.45) is 0 Å². The smallest absolute Gasteiger partial charge is 0.315 e. The van der Waals surface area contributed by atoms with Crippen molar-refractivity contribution in [1.82, 2.24) is 10.6 Å². The number of rotatable bonds is 7. The van der Waals surface area contributed by atoms with E-state index in [0.29, 0.717) is 18.5 Å². The van der Waals surface area contributed by atoms with Crippen molar-refractivity contribution < 1.29 is 19.0 Å². The first kappa shape index (κ1) is 17.7. The summed E-state index contributed by atoms with van der Waals surface area (Å²) in [5.74, 6) is -0.279. The molecule has 2 aromatic carbocycles. The van der Waals surface area contributed by atoms with Gasteiger partial charge in [0.15, 0.2) is 11.6 Å². The number of halogens is 1. The fourth-order valence-electron chi connectivity index (χ4n) is 2.20. The number of carbonyl (C=O) groups excluding carboxylic acids is 1. The summed E-state index contributed by atoms with van der Waals surface area (Å²) in [5.41, 5.74) is 2.59. The minimum absolute atomic E-state index is 0.0207. The number of aliphatic hydroxyl groups is 1. The molecule has 2 amide bonds. The van der Waals surface area contributed by atoms with Gasteiger partial charge >= 0.3 is 6.03 Å². The summed E-state index contributed by atoms with van der Waals surface area (Å²) in [6.45, 7) is 0.742. The average molecular weight is 332 g/mol. The molecule has 0 spiro atoms. The molecule has 0 heterocycles. The van der Waals surface area contributed by atoms with E-state index in [0.717, 1.165) is 11.1 Å². The van der Waals surface area contributed by atoms with Gasteiger partial charge in [0.25, 0.3) is 0 Å². The van der Waals surface area contributed by atoms with Crippen molar-refractivity contribution in [3.8, 4) is 5.75 Å². The molecule has 0 bridgehead atoms. The third kappa shape index (κ3) is 5.24. The minimum atomic E-state index is -0.455. The molecule has 2 aromatic rings. The zero-order valence-electron chi connectivity index (χ0n) is 13.5. The lowest BCUT2D eigenvalue weighted by Crippen LogP contribution is -2.36. The lowest BCUT2D eigenvalue weighted by molar-refractivity contribution is 0.240. The first-order valence-electron chi connectivity index (χ1n) is 7.65. The second kappa shape index (κ2) is 8.88. The van der Waals surface area contributed by atoms with E-state index in [-0.39, 0.29) is 24.9 Å². The van der Waals surface area contributed by atoms with Crippen molar-refractivity contribution in [3.63, 3.8) is 0 Å². The quantitative estimate of drug-likeness (QED) is 0.729. The van der Waals surface area contributed by atoms with Gasteiger partial charge in [0.1, 0.15) is 0 Å². The fourth-order valence-corrected chi connectivity index (χ4v) is 2.20. The number of hydrogen-bond donors (Lipinski definition) is 3. The molecule has 5 nitrogen and oxygen atoms in total. The number of urea groups is 1. The van der Waals surface area contributed by atoms with Gasteiger partial charge in [-0.05, 0) is 35.2 Å². The van der Waals surface area contributed by atoms with Crippen LogP contribution in [0.15, 0.2) is 42.5 Å². The predicted molar refractivity (Wildman–Crippen MR) is 89.3 cm³/mol. The van der Waals surface area contributed by atoms with Crippen molar-refractivity contribution in [2.75, 3.05) is 13.7 Å². The van der Waals surface area contributed by atoms with Crippen LogP contribution in [0.2, 0.25) is 0 Å². The molecule has 6 heteroatoms. The van der Waals surface area contributed by atoms with E-state index in [1.807, 2.05) is 24.3 Å². The normalized spacial score (nSPS) is 10.3. The maximum atomic E-state index is 13.6. The summed E-state index contributed by atoms with van der Waals surface area (Å²) < 4.78 is 18.4. The molecule has 0 saturated heterocycles. The minimum Gasteiger partial charge on any atom is -0.494 e. The molecule has 0 atom stereocenters. The van der Waals surface area contributed by atoms with Crippen molar-refractivity contribution in [1.29, 1.82) is 0 Å². The number of aliphatic hydroxyl groups excluding tert-OH is 1. The second-order valence-electron chi connectivity index (χ2n) is 5.30. The Labute approximate surface area is 140 Å². The molecule has 128 valence electrons. The molecular weight excluding hydrogens is 311 g/mol. The van der Waals surface area contributed by atoms with Crippen LogP contribution in [0, 0.1) is 5.82 Å². The molecule has 0 aliphatic heterocycles. The number of hydrogen-bond acceptors (Lipinski definition) is 3. The van der Waals surface area contributed by atoms with Crippen molar-refractivity contribution in [3.05, 3.63) is 65.0 Å². The molecule has 0 radical (unpaired) electrons. The van der Waals surface area contributed by atoms with Gasteiger partial charge in [0, 0.05) is 13.1 Å². The zero-order valence-corrected chi connectivity index (χ0v) is 13.5. The standard InChI is InChI=1S/C18H21FN2O3/c1-24-17-7-6-15(10-16(17)19)11-21-18(23)20-9-8-13-2-4-14(12-22)5-3-13/h2-7,10,22H,8-9,11-12H2,1H3,(H2,20,21,23). The van der Waals surface area contributed by atoms with Gasteiger partial charge in [0.05, 0.1) is 13.7 Å². The third-order valence-electron chi connectivity index (χ3n) is 3.57. The van der Waals surface area contributed by atoms with Crippen LogP contribution in [-0.2, 0) is 19.6 Å². The zero-order chi connectivity index (χ0) is 17.4. The molecule has 0 aliphatic rings. The van der Waals surface area contributed by atoms with E-state index in [1.165, 1.54) is 19.2 Å². The maximum Gasteiger partial charge on any atom is 0.315 e. The highest BCUT2D eigenvalue weighted by Gasteiger charge is 2.05. The number of carbonyl (C=O) groups is 1. The van der Waals surface area contributed by atoms with Gasteiger partial charge in [-0.2, -0.15) is 0 Å². The molecule has 0 unspecified atom stereocenters. The first-order chi connectivity index (χ1) is 11.6. The number of benzene rings is 2. The topological polar surface area (TPSA) is 70.6 Å². The summed E-state index contributed by atoms with van der Waals surface area (Å²) in [6, 6.07) is 11.8. The summed E-state index contributed by atoms with van der Waals surface area (Å²) >= 11 is 0. The Balaban J connectivity index is 1.72. The number of ether oxygens (including phenoxy) is 1. The van der Waals surface area contributed by atoms with Crippen molar-refractivity contribution >= 4 is 6.03 Å². The largest absolute Gasteiger partial charge is 0.494 e. The van der Waals surface area contributed by atoms with Gasteiger partial charge in [-0.15, -0.1) is 0 Å². The Morgan fingerprint density at radius 3 is 2.38 bits per heavy atom. The first-order valence-corrected chi connectivity index (χ1v) is 7.65. The summed E-state index contributed by atoms with van der Waals surface area (Å²) in [4.78, 5) is 11.7. The Kier molecular flexibility index (Phi) is 6.57. The molecule has 3 N–H and O–H groups in total. The predicted octanol–water partition coefficient (Wildman–Crippen LogP) is 2.37. The van der Waals surface area contributed by atoms with Crippen LogP contribution in [-0.4, -0.2) is 24.8 Å². The van der Waals surface area contributed by atoms with E-state index < -0.39 is 5.82 Å². The highest BCUT2D eigenvalue weighted by atomic mass is 19.1. The Bertz CT molecular complexity index is 674. The maximum absolute atomic E-state index is 13.6. The Hall–Kier alpha value is -2.60. The molecule has 0 aromatic heterocycles. The Morgan fingerprint density at radius 2 is 1.75 bits per heavy atom. The average Bonchev–Trinajstić information content (AvgIpc) is 2.60. The lowest BCUT2D eigenvalue weighted by atomic mass is 10.1. The summed E-state index contributed by atoms with van der Waals surface area (Å²) in [7, 11) is 1.40. The van der Waals surface area contributed by atoms with E-state index in [1.54, 1.807) is 6.07 Å². The van der Waals surface area contributed by atoms with Crippen LogP contribution in [0.5, 0.6) is 5.75 Å². The van der Waals surface area contributed by atoms with Crippen LogP contribution in [0.4, 0.5) is 9.18 Å². The lowest BCUT2D eigenvalue weighted by Gasteiger charge is -2.09. The van der Waals surface area contributed by atoms with Crippen LogP contribution in [0.25, 0.3) is 0 Å². The van der Waals surface area contributed by atoms with Crippen molar-refractivity contribution in [2.45, 2.75) is 19.6 Å². The van der Waals surface area contributed by atoms with Crippen LogP contribution >= 0.6 is 0 Å². The number of amides is 2. The molecule has 24 heavy (non-hydrogen) atoms. The second-order valence-corrected chi connectivity index (χ2v) is 5.30. The van der Waals surface area contributed by atoms with E-state index in [4.69, 9.17) is 9.84 Å². The molecule has 0 fully saturated rings. The van der Waals surface area contributed by atoms with Gasteiger partial charge in [-0.25, -0.2) is 9.18 Å². The third-order valence-corrected chi connectivity index (χ3v) is 3.57. The van der Waals surface area contributed by atoms with Gasteiger partial charge in [-0.3, -0.25) is 0 Å². The number of methoxy groups -OCH3 is 1. The molecular formula is C18H21FN2O3. The van der Waals surface area contributed by atoms with Gasteiger partial charge in [0.2, 0.25) is 0 Å². The fraction of sp³-hybridized carbons (Fsp3) is 0.278. The SMILES string of the molecule is COc1ccc(CNC(=O)NCCc2ccc(CO)cc2)cc1F. The monoisotopic (exact) mass is 332 g/mol. The van der Waals surface area contributed by atoms with E-state index in [2.05, 4.69) is 10.6 Å². The number of nitrogens with one attached hydrogen (secondary N) is 2. The van der Waals surface area contributed by atoms with Crippen LogP contribution < -0.4 is 15.4 Å². The molecule has 0 aliphatic carbocycles. The summed E-state index contributed by atoms with van der Waals surface area (Å²) in [5, 5.41) is 14.4. The molecule has 0 saturated carbocycles. The van der Waals surface area contributed by atoms with Crippen LogP contribution in [0.1, 0.15) is 16.7 Å². The van der Waals surface area contributed by atoms with Gasteiger partial charge < -0.3 is 20.5 Å². The van der Waals surface area contributed by atoms with Crippen LogP contribution in [0.3, 0.4) is 0 Å². The highest BCUT2D eigenvalue weighted by Crippen LogP contribution is 2.17. The Morgan fingerprint density at radius 1 is 1.08 bits per heavy atom. The van der Waals surface area contributed by atoms with E-state index >= 15 is 0 Å². The molecule has 2 rings (SSSR count). The highest BCUT2D eigenvalue weighted by molar-refractivity contribution is 5.73. The summed E-state index contributed by atoms with van der Waals surface area (Å²) in [6.07, 6.45) is 0.691. The van der Waals surface area contributed by atoms with Gasteiger partial charge in [-0.1, -0.05) is 30.3 Å². The van der Waals surface area contributed by atoms with E-state index in [9.17, 15) is 9.18 Å².